The summed E-state index contributed by atoms with van der Waals surface area (Å²) in [6.07, 6.45) is 9.65. The van der Waals surface area contributed by atoms with Gasteiger partial charge < -0.3 is 5.32 Å². The lowest BCUT2D eigenvalue weighted by molar-refractivity contribution is 0.677. The summed E-state index contributed by atoms with van der Waals surface area (Å²) in [5.41, 5.74) is 5.85. The lowest BCUT2D eigenvalue weighted by Gasteiger charge is -2.27. The molecule has 2 aromatic carbocycles. The van der Waals surface area contributed by atoms with Crippen molar-refractivity contribution in [3.8, 4) is 6.07 Å². The number of hydrogen-bond donors (Lipinski definition) is 1. The highest BCUT2D eigenvalue weighted by Crippen LogP contribution is 2.25. The van der Waals surface area contributed by atoms with Crippen LogP contribution >= 0.6 is 0 Å². The highest BCUT2D eigenvalue weighted by Gasteiger charge is 2.21. The van der Waals surface area contributed by atoms with Crippen LogP contribution in [0.15, 0.2) is 89.5 Å². The van der Waals surface area contributed by atoms with Crippen molar-refractivity contribution in [1.29, 1.82) is 5.26 Å². The Hall–Kier alpha value is -3.38. The Bertz CT molecular complexity index is 1000. The SMILES string of the molecule is C[C@H]1C=CC(C2N=C(c3cccc(C#N)c3)C=C(c3ccccc3)N2)=CC1. The van der Waals surface area contributed by atoms with Crippen LogP contribution in [0, 0.1) is 17.2 Å². The molecule has 0 aromatic heterocycles. The minimum atomic E-state index is -0.130. The molecule has 1 N–H and O–H groups in total. The van der Waals surface area contributed by atoms with E-state index in [-0.39, 0.29) is 6.17 Å². The van der Waals surface area contributed by atoms with Crippen LogP contribution in [-0.4, -0.2) is 11.9 Å². The number of hydrogen-bond acceptors (Lipinski definition) is 3. The van der Waals surface area contributed by atoms with Gasteiger partial charge in [-0.1, -0.05) is 67.6 Å². The van der Waals surface area contributed by atoms with Gasteiger partial charge in [-0.2, -0.15) is 5.26 Å². The Morgan fingerprint density at radius 2 is 1.89 bits per heavy atom. The van der Waals surface area contributed by atoms with E-state index in [0.29, 0.717) is 11.5 Å². The predicted octanol–water partition coefficient (Wildman–Crippen LogP) is 4.84. The number of benzene rings is 2. The Morgan fingerprint density at radius 1 is 1.07 bits per heavy atom. The van der Waals surface area contributed by atoms with E-state index in [9.17, 15) is 5.26 Å². The van der Waals surface area contributed by atoms with Crippen LogP contribution < -0.4 is 5.32 Å². The number of aliphatic imine (C=N–C) groups is 1. The topological polar surface area (TPSA) is 48.2 Å². The van der Waals surface area contributed by atoms with Gasteiger partial charge in [0, 0.05) is 11.3 Å². The molecule has 0 amide bonds. The fraction of sp³-hybridized carbons (Fsp3) is 0.167. The monoisotopic (exact) mass is 351 g/mol. The summed E-state index contributed by atoms with van der Waals surface area (Å²) < 4.78 is 0. The number of nitrogens with one attached hydrogen (secondary N) is 1. The molecule has 0 spiro atoms. The van der Waals surface area contributed by atoms with Crippen molar-refractivity contribution in [1.82, 2.24) is 5.32 Å². The summed E-state index contributed by atoms with van der Waals surface area (Å²) in [5.74, 6) is 0.567. The minimum absolute atomic E-state index is 0.130. The second-order valence-electron chi connectivity index (χ2n) is 6.95. The van der Waals surface area contributed by atoms with Crippen LogP contribution in [0.25, 0.3) is 5.70 Å². The molecule has 1 aliphatic carbocycles. The predicted molar refractivity (Wildman–Crippen MR) is 110 cm³/mol. The van der Waals surface area contributed by atoms with Gasteiger partial charge in [0.2, 0.25) is 0 Å². The van der Waals surface area contributed by atoms with Gasteiger partial charge in [-0.25, -0.2) is 0 Å². The van der Waals surface area contributed by atoms with E-state index in [4.69, 9.17) is 4.99 Å². The van der Waals surface area contributed by atoms with Crippen LogP contribution in [0.1, 0.15) is 30.0 Å². The Labute approximate surface area is 160 Å². The first-order valence-corrected chi connectivity index (χ1v) is 9.23. The smallest absolute Gasteiger partial charge is 0.145 e. The average Bonchev–Trinajstić information content (AvgIpc) is 2.74. The molecule has 1 heterocycles. The van der Waals surface area contributed by atoms with Gasteiger partial charge in [0.1, 0.15) is 6.17 Å². The Morgan fingerprint density at radius 3 is 2.63 bits per heavy atom. The molecule has 132 valence electrons. The molecule has 3 nitrogen and oxygen atoms in total. The van der Waals surface area contributed by atoms with Gasteiger partial charge in [-0.3, -0.25) is 4.99 Å². The summed E-state index contributed by atoms with van der Waals surface area (Å²) in [7, 11) is 0. The van der Waals surface area contributed by atoms with Crippen LogP contribution in [-0.2, 0) is 0 Å². The highest BCUT2D eigenvalue weighted by molar-refractivity contribution is 6.13. The van der Waals surface area contributed by atoms with Gasteiger partial charge in [0.25, 0.3) is 0 Å². The van der Waals surface area contributed by atoms with Gasteiger partial charge in [-0.15, -0.1) is 0 Å². The van der Waals surface area contributed by atoms with Crippen LogP contribution in [0.4, 0.5) is 0 Å². The molecule has 0 saturated carbocycles. The molecular formula is C24H21N3. The van der Waals surface area contributed by atoms with Gasteiger partial charge >= 0.3 is 0 Å². The van der Waals surface area contributed by atoms with Crippen molar-refractivity contribution in [2.24, 2.45) is 10.9 Å². The highest BCUT2D eigenvalue weighted by atomic mass is 15.1. The number of allylic oxidation sites excluding steroid dienone is 3. The normalized spacial score (nSPS) is 21.4. The molecule has 0 fully saturated rings. The van der Waals surface area contributed by atoms with Crippen LogP contribution in [0.2, 0.25) is 0 Å². The summed E-state index contributed by atoms with van der Waals surface area (Å²) in [6.45, 7) is 2.22. The zero-order chi connectivity index (χ0) is 18.6. The first-order chi connectivity index (χ1) is 13.2. The summed E-state index contributed by atoms with van der Waals surface area (Å²) >= 11 is 0. The molecule has 27 heavy (non-hydrogen) atoms. The summed E-state index contributed by atoms with van der Waals surface area (Å²) in [6, 6.07) is 20.1. The quantitative estimate of drug-likeness (QED) is 0.860. The van der Waals surface area contributed by atoms with Gasteiger partial charge in [0.15, 0.2) is 0 Å². The molecule has 4 rings (SSSR count). The van der Waals surface area contributed by atoms with Crippen molar-refractivity contribution < 1.29 is 0 Å². The van der Waals surface area contributed by atoms with E-state index in [1.165, 1.54) is 5.57 Å². The molecule has 2 aliphatic rings. The minimum Gasteiger partial charge on any atom is -0.360 e. The third-order valence-corrected chi connectivity index (χ3v) is 4.87. The summed E-state index contributed by atoms with van der Waals surface area (Å²) in [4.78, 5) is 4.95. The molecule has 0 saturated heterocycles. The van der Waals surface area contributed by atoms with E-state index in [0.717, 1.165) is 29.0 Å². The maximum absolute atomic E-state index is 9.24. The average molecular weight is 351 g/mol. The zero-order valence-electron chi connectivity index (χ0n) is 15.3. The van der Waals surface area contributed by atoms with Crippen LogP contribution in [0.5, 0.6) is 0 Å². The second kappa shape index (κ2) is 7.47. The molecule has 1 unspecified atom stereocenters. The van der Waals surface area contributed by atoms with E-state index < -0.39 is 0 Å². The second-order valence-corrected chi connectivity index (χ2v) is 6.95. The van der Waals surface area contributed by atoms with Crippen molar-refractivity contribution in [3.63, 3.8) is 0 Å². The lowest BCUT2D eigenvalue weighted by atomic mass is 9.95. The van der Waals surface area contributed by atoms with Crippen molar-refractivity contribution in [2.75, 3.05) is 0 Å². The maximum atomic E-state index is 9.24. The van der Waals surface area contributed by atoms with E-state index in [2.05, 4.69) is 54.7 Å². The van der Waals surface area contributed by atoms with E-state index >= 15 is 0 Å². The Kier molecular flexibility index (Phi) is 4.72. The van der Waals surface area contributed by atoms with Crippen LogP contribution in [0.3, 0.4) is 0 Å². The molecule has 3 heteroatoms. The van der Waals surface area contributed by atoms with E-state index in [1.54, 1.807) is 0 Å². The molecule has 2 aromatic rings. The Balaban J connectivity index is 1.76. The van der Waals surface area contributed by atoms with E-state index in [1.807, 2.05) is 42.5 Å². The molecule has 2 atom stereocenters. The fourth-order valence-electron chi connectivity index (χ4n) is 3.33. The molecule has 0 bridgehead atoms. The number of nitriles is 1. The van der Waals surface area contributed by atoms with Gasteiger partial charge in [-0.05, 0) is 41.7 Å². The number of nitrogens with zero attached hydrogens (tertiary/aromatic N) is 2. The maximum Gasteiger partial charge on any atom is 0.145 e. The van der Waals surface area contributed by atoms with Gasteiger partial charge in [0.05, 0.1) is 17.3 Å². The molecule has 0 radical (unpaired) electrons. The largest absolute Gasteiger partial charge is 0.360 e. The van der Waals surface area contributed by atoms with Crippen molar-refractivity contribution in [3.05, 3.63) is 101 Å². The third kappa shape index (κ3) is 3.75. The van der Waals surface area contributed by atoms with Crippen molar-refractivity contribution >= 4 is 11.4 Å². The summed E-state index contributed by atoms with van der Waals surface area (Å²) in [5, 5.41) is 12.8. The third-order valence-electron chi connectivity index (χ3n) is 4.87. The first kappa shape index (κ1) is 17.1. The standard InChI is InChI=1S/C24H21N3/c1-17-10-12-20(13-11-17)24-26-22(19-7-3-2-4-8-19)15-23(27-24)21-9-5-6-18(14-21)16-25/h2-10,12-15,17,24,26H,11H2,1H3/t17-,24?/m0/s1. The lowest BCUT2D eigenvalue weighted by Crippen LogP contribution is -2.33. The number of rotatable bonds is 3. The fourth-order valence-corrected chi connectivity index (χ4v) is 3.33. The van der Waals surface area contributed by atoms with Crippen molar-refractivity contribution in [2.45, 2.75) is 19.5 Å². The molecule has 1 aliphatic heterocycles. The first-order valence-electron chi connectivity index (χ1n) is 9.23. The molecular weight excluding hydrogens is 330 g/mol. The zero-order valence-corrected chi connectivity index (χ0v) is 15.3.